The van der Waals surface area contributed by atoms with Crippen LogP contribution in [0.4, 0.5) is 0 Å². The summed E-state index contributed by atoms with van der Waals surface area (Å²) in [5.41, 5.74) is 1.01. The van der Waals surface area contributed by atoms with Gasteiger partial charge in [-0.3, -0.25) is 4.79 Å². The Morgan fingerprint density at radius 3 is 2.53 bits per heavy atom. The summed E-state index contributed by atoms with van der Waals surface area (Å²) in [6.45, 7) is 2.13. The van der Waals surface area contributed by atoms with Crippen molar-refractivity contribution >= 4 is 43.0 Å². The molecule has 0 radical (unpaired) electrons. The quantitative estimate of drug-likeness (QED) is 0.842. The summed E-state index contributed by atoms with van der Waals surface area (Å²) in [5, 5.41) is 0. The van der Waals surface area contributed by atoms with Crippen LogP contribution in [0.25, 0.3) is 0 Å². The Morgan fingerprint density at radius 1 is 1.53 bits per heavy atom. The SMILES string of the molecule is Cc1cc(C(=O)N(C)CCS(C)(=O)=O)sc1Br. The lowest BCUT2D eigenvalue weighted by atomic mass is 10.3. The predicted octanol–water partition coefficient (Wildman–Crippen LogP) is 1.94. The minimum atomic E-state index is -3.04. The van der Waals surface area contributed by atoms with Crippen molar-refractivity contribution < 1.29 is 13.2 Å². The lowest BCUT2D eigenvalue weighted by Crippen LogP contribution is -2.30. The minimum Gasteiger partial charge on any atom is -0.340 e. The molecule has 0 aliphatic heterocycles. The number of nitrogens with zero attached hydrogens (tertiary/aromatic N) is 1. The van der Waals surface area contributed by atoms with Crippen molar-refractivity contribution in [1.82, 2.24) is 4.90 Å². The molecule has 0 N–H and O–H groups in total. The summed E-state index contributed by atoms with van der Waals surface area (Å²) < 4.78 is 22.9. The summed E-state index contributed by atoms with van der Waals surface area (Å²) in [4.78, 5) is 14.0. The summed E-state index contributed by atoms with van der Waals surface area (Å²) in [6.07, 6.45) is 1.16. The zero-order chi connectivity index (χ0) is 13.2. The molecule has 0 saturated heterocycles. The van der Waals surface area contributed by atoms with Gasteiger partial charge in [0.05, 0.1) is 14.4 Å². The lowest BCUT2D eigenvalue weighted by Gasteiger charge is -2.15. The molecular formula is C10H14BrNO3S2. The molecular weight excluding hydrogens is 326 g/mol. The molecule has 0 aliphatic rings. The normalized spacial score (nSPS) is 11.5. The van der Waals surface area contributed by atoms with Gasteiger partial charge in [0, 0.05) is 19.8 Å². The molecule has 0 bridgehead atoms. The Hall–Kier alpha value is -0.400. The van der Waals surface area contributed by atoms with Crippen LogP contribution in [0.15, 0.2) is 9.85 Å². The van der Waals surface area contributed by atoms with Gasteiger partial charge in [-0.15, -0.1) is 11.3 Å². The first-order valence-electron chi connectivity index (χ1n) is 4.90. The van der Waals surface area contributed by atoms with Gasteiger partial charge in [0.25, 0.3) is 5.91 Å². The van der Waals surface area contributed by atoms with Gasteiger partial charge in [0.2, 0.25) is 0 Å². The molecule has 0 unspecified atom stereocenters. The van der Waals surface area contributed by atoms with Crippen molar-refractivity contribution in [3.8, 4) is 0 Å². The van der Waals surface area contributed by atoms with Crippen LogP contribution in [0.1, 0.15) is 15.2 Å². The second kappa shape index (κ2) is 5.49. The maximum Gasteiger partial charge on any atom is 0.263 e. The van der Waals surface area contributed by atoms with E-state index < -0.39 is 9.84 Å². The molecule has 96 valence electrons. The molecule has 1 aromatic heterocycles. The van der Waals surface area contributed by atoms with Crippen LogP contribution in [-0.4, -0.2) is 44.8 Å². The van der Waals surface area contributed by atoms with E-state index in [2.05, 4.69) is 15.9 Å². The summed E-state index contributed by atoms with van der Waals surface area (Å²) >= 11 is 4.72. The largest absolute Gasteiger partial charge is 0.340 e. The second-order valence-electron chi connectivity index (χ2n) is 3.92. The summed E-state index contributed by atoms with van der Waals surface area (Å²) in [7, 11) is -1.43. The highest BCUT2D eigenvalue weighted by molar-refractivity contribution is 9.11. The van der Waals surface area contributed by atoms with Crippen LogP contribution in [0.3, 0.4) is 0 Å². The van der Waals surface area contributed by atoms with E-state index in [-0.39, 0.29) is 18.2 Å². The molecule has 0 saturated carbocycles. The Morgan fingerprint density at radius 2 is 2.12 bits per heavy atom. The summed E-state index contributed by atoms with van der Waals surface area (Å²) in [5.74, 6) is -0.159. The third-order valence-electron chi connectivity index (χ3n) is 2.21. The first-order valence-corrected chi connectivity index (χ1v) is 8.57. The van der Waals surface area contributed by atoms with E-state index in [0.29, 0.717) is 4.88 Å². The number of hydrogen-bond acceptors (Lipinski definition) is 4. The molecule has 1 heterocycles. The number of thiophene rings is 1. The van der Waals surface area contributed by atoms with Gasteiger partial charge in [-0.05, 0) is 34.5 Å². The van der Waals surface area contributed by atoms with Gasteiger partial charge in [0.15, 0.2) is 0 Å². The van der Waals surface area contributed by atoms with Gasteiger partial charge in [-0.2, -0.15) is 0 Å². The third kappa shape index (κ3) is 4.40. The van der Waals surface area contributed by atoms with E-state index in [1.165, 1.54) is 16.2 Å². The predicted molar refractivity (Wildman–Crippen MR) is 73.4 cm³/mol. The van der Waals surface area contributed by atoms with Crippen molar-refractivity contribution in [3.05, 3.63) is 20.3 Å². The number of amides is 1. The number of sulfone groups is 1. The minimum absolute atomic E-state index is 0.0131. The van der Waals surface area contributed by atoms with Crippen LogP contribution in [-0.2, 0) is 9.84 Å². The first kappa shape index (κ1) is 14.7. The van der Waals surface area contributed by atoms with Crippen molar-refractivity contribution in [2.45, 2.75) is 6.92 Å². The van der Waals surface area contributed by atoms with E-state index in [4.69, 9.17) is 0 Å². The maximum atomic E-state index is 11.9. The van der Waals surface area contributed by atoms with E-state index in [1.54, 1.807) is 13.1 Å². The highest BCUT2D eigenvalue weighted by Crippen LogP contribution is 2.27. The molecule has 0 aromatic carbocycles. The zero-order valence-corrected chi connectivity index (χ0v) is 13.1. The molecule has 0 atom stereocenters. The number of halogens is 1. The van der Waals surface area contributed by atoms with Crippen molar-refractivity contribution in [3.63, 3.8) is 0 Å². The monoisotopic (exact) mass is 339 g/mol. The van der Waals surface area contributed by atoms with Crippen LogP contribution in [0.2, 0.25) is 0 Å². The van der Waals surface area contributed by atoms with Crippen LogP contribution in [0, 0.1) is 6.92 Å². The molecule has 7 heteroatoms. The number of carbonyl (C=O) groups excluding carboxylic acids is 1. The molecule has 4 nitrogen and oxygen atoms in total. The fourth-order valence-electron chi connectivity index (χ4n) is 1.16. The van der Waals surface area contributed by atoms with Crippen LogP contribution >= 0.6 is 27.3 Å². The van der Waals surface area contributed by atoms with E-state index in [0.717, 1.165) is 15.6 Å². The molecule has 0 spiro atoms. The molecule has 1 rings (SSSR count). The van der Waals surface area contributed by atoms with Gasteiger partial charge >= 0.3 is 0 Å². The Labute approximate surface area is 114 Å². The Balaban J connectivity index is 2.70. The molecule has 1 amide bonds. The van der Waals surface area contributed by atoms with Crippen LogP contribution < -0.4 is 0 Å². The summed E-state index contributed by atoms with van der Waals surface area (Å²) in [6, 6.07) is 1.80. The van der Waals surface area contributed by atoms with Gasteiger partial charge < -0.3 is 4.90 Å². The number of rotatable bonds is 4. The van der Waals surface area contributed by atoms with E-state index in [1.807, 2.05) is 6.92 Å². The fraction of sp³-hybridized carbons (Fsp3) is 0.500. The van der Waals surface area contributed by atoms with Crippen LogP contribution in [0.5, 0.6) is 0 Å². The fourth-order valence-corrected chi connectivity index (χ4v) is 3.29. The standard InChI is InChI=1S/C10H14BrNO3S2/c1-7-6-8(16-9(7)11)10(13)12(2)4-5-17(3,14)15/h6H,4-5H2,1-3H3. The van der Waals surface area contributed by atoms with Gasteiger partial charge in [0.1, 0.15) is 9.84 Å². The lowest BCUT2D eigenvalue weighted by molar-refractivity contribution is 0.0808. The Kier molecular flexibility index (Phi) is 4.74. The maximum absolute atomic E-state index is 11.9. The number of aryl methyl sites for hydroxylation is 1. The number of carbonyl (C=O) groups is 1. The average molecular weight is 340 g/mol. The Bertz CT molecular complexity index is 502. The third-order valence-corrected chi connectivity index (χ3v) is 5.26. The molecule has 1 aromatic rings. The highest BCUT2D eigenvalue weighted by atomic mass is 79.9. The highest BCUT2D eigenvalue weighted by Gasteiger charge is 2.16. The van der Waals surface area contributed by atoms with Crippen molar-refractivity contribution in [2.75, 3.05) is 25.6 Å². The topological polar surface area (TPSA) is 54.5 Å². The van der Waals surface area contributed by atoms with Crippen molar-refractivity contribution in [1.29, 1.82) is 0 Å². The molecule has 0 aliphatic carbocycles. The van der Waals surface area contributed by atoms with E-state index in [9.17, 15) is 13.2 Å². The smallest absolute Gasteiger partial charge is 0.263 e. The average Bonchev–Trinajstić information content (AvgIpc) is 2.53. The second-order valence-corrected chi connectivity index (χ2v) is 8.55. The molecule has 0 fully saturated rings. The molecule has 17 heavy (non-hydrogen) atoms. The number of hydrogen-bond donors (Lipinski definition) is 0. The first-order chi connectivity index (χ1) is 7.70. The van der Waals surface area contributed by atoms with Gasteiger partial charge in [-0.1, -0.05) is 0 Å². The van der Waals surface area contributed by atoms with Gasteiger partial charge in [-0.25, -0.2) is 8.42 Å². The van der Waals surface area contributed by atoms with Crippen molar-refractivity contribution in [2.24, 2.45) is 0 Å². The van der Waals surface area contributed by atoms with E-state index >= 15 is 0 Å². The zero-order valence-electron chi connectivity index (χ0n) is 9.86.